The third-order valence-electron chi connectivity index (χ3n) is 5.69. The molecule has 0 aromatic heterocycles. The van der Waals surface area contributed by atoms with Gasteiger partial charge in [0.1, 0.15) is 5.75 Å². The summed E-state index contributed by atoms with van der Waals surface area (Å²) in [5.74, 6) is 0.906. The largest absolute Gasteiger partial charge is 0.497 e. The van der Waals surface area contributed by atoms with Crippen molar-refractivity contribution in [3.63, 3.8) is 0 Å². The van der Waals surface area contributed by atoms with Crippen LogP contribution in [0.15, 0.2) is 85.1 Å². The summed E-state index contributed by atoms with van der Waals surface area (Å²) in [4.78, 5) is 27.0. The van der Waals surface area contributed by atoms with Gasteiger partial charge in [-0.15, -0.1) is 0 Å². The molecule has 31 heavy (non-hydrogen) atoms. The van der Waals surface area contributed by atoms with Gasteiger partial charge in [0.2, 0.25) is 0 Å². The van der Waals surface area contributed by atoms with Gasteiger partial charge < -0.3 is 9.64 Å². The fraction of sp³-hybridized carbons (Fsp3) is 0.185. The SMILES string of the molecule is COc1ccc(C2CC(=O)C(c3ccc(C(C)=O)cc3)=CN2Cc2ccccc2)cc1. The van der Waals surface area contributed by atoms with Crippen molar-refractivity contribution >= 4 is 17.1 Å². The van der Waals surface area contributed by atoms with E-state index in [2.05, 4.69) is 17.0 Å². The van der Waals surface area contributed by atoms with Crippen LogP contribution in [0, 0.1) is 0 Å². The van der Waals surface area contributed by atoms with Gasteiger partial charge in [-0.25, -0.2) is 0 Å². The van der Waals surface area contributed by atoms with Crippen molar-refractivity contribution in [1.29, 1.82) is 0 Å². The minimum Gasteiger partial charge on any atom is -0.497 e. The maximum absolute atomic E-state index is 13.1. The average Bonchev–Trinajstić information content (AvgIpc) is 2.81. The quantitative estimate of drug-likeness (QED) is 0.506. The zero-order valence-electron chi connectivity index (χ0n) is 17.7. The Labute approximate surface area is 182 Å². The van der Waals surface area contributed by atoms with Crippen molar-refractivity contribution in [1.82, 2.24) is 4.90 Å². The Hall–Kier alpha value is -3.66. The molecule has 4 rings (SSSR count). The van der Waals surface area contributed by atoms with Gasteiger partial charge in [-0.2, -0.15) is 0 Å². The highest BCUT2D eigenvalue weighted by molar-refractivity contribution is 6.21. The number of ether oxygens (including phenoxy) is 1. The summed E-state index contributed by atoms with van der Waals surface area (Å²) >= 11 is 0. The van der Waals surface area contributed by atoms with Gasteiger partial charge in [-0.1, -0.05) is 66.7 Å². The van der Waals surface area contributed by atoms with Crippen molar-refractivity contribution < 1.29 is 14.3 Å². The molecule has 156 valence electrons. The van der Waals surface area contributed by atoms with E-state index in [9.17, 15) is 9.59 Å². The van der Waals surface area contributed by atoms with Gasteiger partial charge >= 0.3 is 0 Å². The van der Waals surface area contributed by atoms with E-state index < -0.39 is 0 Å². The lowest BCUT2D eigenvalue weighted by atomic mass is 9.89. The van der Waals surface area contributed by atoms with E-state index in [4.69, 9.17) is 4.74 Å². The van der Waals surface area contributed by atoms with Crippen LogP contribution in [0.2, 0.25) is 0 Å². The first kappa shape index (κ1) is 20.6. The number of rotatable bonds is 6. The van der Waals surface area contributed by atoms with Gasteiger partial charge in [-0.05, 0) is 35.7 Å². The minimum atomic E-state index is -0.0566. The number of carbonyl (C=O) groups excluding carboxylic acids is 2. The van der Waals surface area contributed by atoms with E-state index in [1.165, 1.54) is 5.56 Å². The first-order valence-electron chi connectivity index (χ1n) is 10.3. The first-order chi connectivity index (χ1) is 15.0. The Morgan fingerprint density at radius 3 is 2.26 bits per heavy atom. The van der Waals surface area contributed by atoms with Crippen LogP contribution in [0.1, 0.15) is 46.4 Å². The van der Waals surface area contributed by atoms with E-state index in [1.54, 1.807) is 26.2 Å². The molecule has 1 unspecified atom stereocenters. The van der Waals surface area contributed by atoms with Crippen LogP contribution in [0.4, 0.5) is 0 Å². The van der Waals surface area contributed by atoms with Crippen LogP contribution in [0.25, 0.3) is 5.57 Å². The van der Waals surface area contributed by atoms with Crippen molar-refractivity contribution in [3.8, 4) is 5.75 Å². The molecule has 1 atom stereocenters. The Morgan fingerprint density at radius 1 is 0.968 bits per heavy atom. The second-order valence-electron chi connectivity index (χ2n) is 7.75. The molecule has 0 saturated heterocycles. The molecule has 0 bridgehead atoms. The molecule has 0 amide bonds. The molecule has 4 nitrogen and oxygen atoms in total. The molecule has 0 spiro atoms. The third-order valence-corrected chi connectivity index (χ3v) is 5.69. The van der Waals surface area contributed by atoms with E-state index in [1.807, 2.05) is 60.8 Å². The van der Waals surface area contributed by atoms with Crippen LogP contribution in [0.5, 0.6) is 5.75 Å². The standard InChI is InChI=1S/C27H25NO3/c1-19(29)21-8-10-22(11-9-21)25-18-28(17-20-6-4-3-5-7-20)26(16-27(25)30)23-12-14-24(31-2)15-13-23/h3-15,18,26H,16-17H2,1-2H3. The van der Waals surface area contributed by atoms with E-state index in [0.717, 1.165) is 16.9 Å². The zero-order chi connectivity index (χ0) is 21.8. The molecule has 1 heterocycles. The molecule has 0 aliphatic carbocycles. The Kier molecular flexibility index (Phi) is 5.99. The monoisotopic (exact) mass is 411 g/mol. The lowest BCUT2D eigenvalue weighted by Crippen LogP contribution is -2.30. The highest BCUT2D eigenvalue weighted by atomic mass is 16.5. The summed E-state index contributed by atoms with van der Waals surface area (Å²) in [6, 6.07) is 25.4. The number of carbonyl (C=O) groups is 2. The lowest BCUT2D eigenvalue weighted by Gasteiger charge is -2.35. The molecule has 0 saturated carbocycles. The molecule has 1 aliphatic heterocycles. The van der Waals surface area contributed by atoms with E-state index in [0.29, 0.717) is 24.1 Å². The maximum Gasteiger partial charge on any atom is 0.167 e. The molecule has 0 N–H and O–H groups in total. The molecule has 0 radical (unpaired) electrons. The van der Waals surface area contributed by atoms with Crippen molar-refractivity contribution in [3.05, 3.63) is 107 Å². The summed E-state index contributed by atoms with van der Waals surface area (Å²) < 4.78 is 5.28. The number of Topliss-reactive ketones (excluding diaryl/α,β-unsaturated/α-hetero) is 2. The summed E-state index contributed by atoms with van der Waals surface area (Å²) in [6.45, 7) is 2.24. The van der Waals surface area contributed by atoms with E-state index in [-0.39, 0.29) is 17.6 Å². The lowest BCUT2D eigenvalue weighted by molar-refractivity contribution is -0.115. The number of methoxy groups -OCH3 is 1. The van der Waals surface area contributed by atoms with Gasteiger partial charge in [0, 0.05) is 30.3 Å². The predicted molar refractivity (Wildman–Crippen MR) is 122 cm³/mol. The highest BCUT2D eigenvalue weighted by Crippen LogP contribution is 2.36. The predicted octanol–water partition coefficient (Wildman–Crippen LogP) is 5.46. The van der Waals surface area contributed by atoms with Gasteiger partial charge in [0.05, 0.1) is 13.2 Å². The normalized spacial score (nSPS) is 16.1. The number of hydrogen-bond acceptors (Lipinski definition) is 4. The second-order valence-corrected chi connectivity index (χ2v) is 7.75. The summed E-state index contributed by atoms with van der Waals surface area (Å²) in [7, 11) is 1.65. The minimum absolute atomic E-state index is 0.0146. The summed E-state index contributed by atoms with van der Waals surface area (Å²) in [5, 5.41) is 0. The number of benzene rings is 3. The van der Waals surface area contributed by atoms with Crippen LogP contribution in [-0.2, 0) is 11.3 Å². The summed E-state index contributed by atoms with van der Waals surface area (Å²) in [5.41, 5.74) is 4.41. The zero-order valence-corrected chi connectivity index (χ0v) is 17.7. The second kappa shape index (κ2) is 9.00. The Morgan fingerprint density at radius 2 is 1.65 bits per heavy atom. The number of nitrogens with zero attached hydrogens (tertiary/aromatic N) is 1. The Bertz CT molecular complexity index is 1100. The smallest absolute Gasteiger partial charge is 0.167 e. The molecule has 3 aromatic rings. The van der Waals surface area contributed by atoms with Crippen molar-refractivity contribution in [2.75, 3.05) is 7.11 Å². The summed E-state index contributed by atoms with van der Waals surface area (Å²) in [6.07, 6.45) is 2.36. The number of hydrogen-bond donors (Lipinski definition) is 0. The van der Waals surface area contributed by atoms with Gasteiger partial charge in [0.25, 0.3) is 0 Å². The molecule has 0 fully saturated rings. The number of ketones is 2. The Balaban J connectivity index is 1.71. The van der Waals surface area contributed by atoms with Crippen LogP contribution >= 0.6 is 0 Å². The first-order valence-corrected chi connectivity index (χ1v) is 10.3. The number of allylic oxidation sites excluding steroid dienone is 1. The molecule has 3 aromatic carbocycles. The fourth-order valence-electron chi connectivity index (χ4n) is 3.94. The molecule has 4 heteroatoms. The van der Waals surface area contributed by atoms with Crippen LogP contribution < -0.4 is 4.74 Å². The van der Waals surface area contributed by atoms with Crippen molar-refractivity contribution in [2.24, 2.45) is 0 Å². The van der Waals surface area contributed by atoms with Gasteiger partial charge in [-0.3, -0.25) is 9.59 Å². The fourth-order valence-corrected chi connectivity index (χ4v) is 3.94. The molecular formula is C27H25NO3. The van der Waals surface area contributed by atoms with Crippen LogP contribution in [0.3, 0.4) is 0 Å². The third kappa shape index (κ3) is 4.58. The molecular weight excluding hydrogens is 386 g/mol. The topological polar surface area (TPSA) is 46.6 Å². The van der Waals surface area contributed by atoms with Crippen LogP contribution in [-0.4, -0.2) is 23.6 Å². The maximum atomic E-state index is 13.1. The van der Waals surface area contributed by atoms with E-state index >= 15 is 0 Å². The average molecular weight is 412 g/mol. The van der Waals surface area contributed by atoms with Gasteiger partial charge in [0.15, 0.2) is 11.6 Å². The highest BCUT2D eigenvalue weighted by Gasteiger charge is 2.29. The van der Waals surface area contributed by atoms with Crippen molar-refractivity contribution in [2.45, 2.75) is 25.9 Å². The molecule has 1 aliphatic rings.